The van der Waals surface area contributed by atoms with Crippen LogP contribution in [0.4, 0.5) is 0 Å². The van der Waals surface area contributed by atoms with E-state index in [0.29, 0.717) is 12.4 Å². The highest BCUT2D eigenvalue weighted by Gasteiger charge is 2.00. The van der Waals surface area contributed by atoms with Crippen molar-refractivity contribution in [2.75, 3.05) is 0 Å². The van der Waals surface area contributed by atoms with Gasteiger partial charge in [0.2, 0.25) is 0 Å². The van der Waals surface area contributed by atoms with Gasteiger partial charge in [0, 0.05) is 6.04 Å². The van der Waals surface area contributed by atoms with Gasteiger partial charge in [-0.25, -0.2) is 0 Å². The molecule has 66 valence electrons. The van der Waals surface area contributed by atoms with Crippen molar-refractivity contribution in [1.29, 1.82) is 0 Å². The Morgan fingerprint density at radius 3 is 3.00 bits per heavy atom. The van der Waals surface area contributed by atoms with Gasteiger partial charge in [-0.1, -0.05) is 6.08 Å². The number of tetrazole rings is 1. The predicted octanol–water partition coefficient (Wildman–Crippen LogP) is -0.126. The van der Waals surface area contributed by atoms with Gasteiger partial charge in [-0.15, -0.1) is 16.8 Å². The van der Waals surface area contributed by atoms with Crippen molar-refractivity contribution in [3.8, 4) is 0 Å². The molecule has 1 atom stereocenters. The monoisotopic (exact) mass is 167 g/mol. The molecule has 1 heterocycles. The first kappa shape index (κ1) is 8.86. The molecule has 0 aliphatic rings. The minimum absolute atomic E-state index is 0.272. The smallest absolute Gasteiger partial charge is 0.188 e. The number of hydrogen-bond acceptors (Lipinski definition) is 4. The Labute approximate surface area is 71.5 Å². The number of hydrogen-bond donors (Lipinski definition) is 1. The van der Waals surface area contributed by atoms with Crippen LogP contribution < -0.4 is 5.32 Å². The third-order valence-electron chi connectivity index (χ3n) is 1.49. The minimum atomic E-state index is 0.272. The molecule has 0 spiro atoms. The normalized spacial score (nSPS) is 12.8. The fraction of sp³-hybridized carbons (Fsp3) is 0.571. The summed E-state index contributed by atoms with van der Waals surface area (Å²) < 4.78 is 0. The molecule has 12 heavy (non-hydrogen) atoms. The lowest BCUT2D eigenvalue weighted by Gasteiger charge is -2.04. The number of nitrogens with one attached hydrogen (secondary N) is 1. The van der Waals surface area contributed by atoms with E-state index < -0.39 is 0 Å². The summed E-state index contributed by atoms with van der Waals surface area (Å²) in [7, 11) is 1.74. The summed E-state index contributed by atoms with van der Waals surface area (Å²) in [6.07, 6.45) is 1.83. The van der Waals surface area contributed by atoms with E-state index >= 15 is 0 Å². The molecular weight excluding hydrogens is 154 g/mol. The second kappa shape index (κ2) is 3.96. The molecule has 1 rings (SSSR count). The number of aromatic nitrogens is 4. The van der Waals surface area contributed by atoms with Crippen molar-refractivity contribution >= 4 is 0 Å². The summed E-state index contributed by atoms with van der Waals surface area (Å²) in [4.78, 5) is 1.44. The summed E-state index contributed by atoms with van der Waals surface area (Å²) in [6, 6.07) is 0.272. The Bertz CT molecular complexity index is 254. The summed E-state index contributed by atoms with van der Waals surface area (Å²) >= 11 is 0. The van der Waals surface area contributed by atoms with Crippen molar-refractivity contribution in [3.05, 3.63) is 18.5 Å². The first-order chi connectivity index (χ1) is 5.72. The highest BCUT2D eigenvalue weighted by atomic mass is 15.6. The molecule has 1 aromatic heterocycles. The standard InChI is InChI=1S/C7H13N5/c1-4-6(2)8-5-7-9-11-12(3)10-7/h4,6,8H,1,5H2,2-3H3. The van der Waals surface area contributed by atoms with E-state index in [-0.39, 0.29) is 6.04 Å². The molecule has 0 aliphatic carbocycles. The van der Waals surface area contributed by atoms with Gasteiger partial charge in [-0.3, -0.25) is 0 Å². The van der Waals surface area contributed by atoms with E-state index in [9.17, 15) is 0 Å². The van der Waals surface area contributed by atoms with E-state index in [4.69, 9.17) is 0 Å². The molecular formula is C7H13N5. The van der Waals surface area contributed by atoms with E-state index in [1.54, 1.807) is 7.05 Å². The van der Waals surface area contributed by atoms with Crippen molar-refractivity contribution < 1.29 is 0 Å². The quantitative estimate of drug-likeness (QED) is 0.635. The molecule has 0 saturated heterocycles. The van der Waals surface area contributed by atoms with Crippen LogP contribution in [0.5, 0.6) is 0 Å². The van der Waals surface area contributed by atoms with E-state index in [2.05, 4.69) is 27.3 Å². The molecule has 1 unspecified atom stereocenters. The molecule has 0 aliphatic heterocycles. The Balaban J connectivity index is 2.37. The highest BCUT2D eigenvalue weighted by Crippen LogP contribution is 1.87. The molecule has 0 aromatic carbocycles. The molecule has 1 N–H and O–H groups in total. The fourth-order valence-electron chi connectivity index (χ4n) is 0.730. The van der Waals surface area contributed by atoms with Crippen LogP contribution in [0, 0.1) is 0 Å². The maximum absolute atomic E-state index is 4.01. The van der Waals surface area contributed by atoms with Gasteiger partial charge in [-0.2, -0.15) is 4.80 Å². The van der Waals surface area contributed by atoms with Crippen LogP contribution in [0.1, 0.15) is 12.7 Å². The summed E-state index contributed by atoms with van der Waals surface area (Å²) in [6.45, 7) is 6.30. The first-order valence-electron chi connectivity index (χ1n) is 3.81. The zero-order valence-electron chi connectivity index (χ0n) is 7.36. The molecule has 0 radical (unpaired) electrons. The molecule has 0 bridgehead atoms. The Morgan fingerprint density at radius 1 is 1.75 bits per heavy atom. The van der Waals surface area contributed by atoms with Crippen LogP contribution in [-0.2, 0) is 13.6 Å². The summed E-state index contributed by atoms with van der Waals surface area (Å²) in [5, 5.41) is 14.7. The number of nitrogens with zero attached hydrogens (tertiary/aromatic N) is 4. The van der Waals surface area contributed by atoms with Crippen LogP contribution in [0.3, 0.4) is 0 Å². The summed E-state index contributed by atoms with van der Waals surface area (Å²) in [5.74, 6) is 0.700. The average molecular weight is 167 g/mol. The van der Waals surface area contributed by atoms with Crippen LogP contribution in [0.25, 0.3) is 0 Å². The third-order valence-corrected chi connectivity index (χ3v) is 1.49. The molecule has 1 aromatic rings. The van der Waals surface area contributed by atoms with Crippen molar-refractivity contribution in [2.24, 2.45) is 7.05 Å². The summed E-state index contributed by atoms with van der Waals surface area (Å²) in [5.41, 5.74) is 0. The average Bonchev–Trinajstić information content (AvgIpc) is 2.47. The van der Waals surface area contributed by atoms with Gasteiger partial charge < -0.3 is 5.32 Å². The molecule has 0 fully saturated rings. The lowest BCUT2D eigenvalue weighted by Crippen LogP contribution is -2.23. The van der Waals surface area contributed by atoms with Crippen molar-refractivity contribution in [1.82, 2.24) is 25.5 Å². The van der Waals surface area contributed by atoms with Gasteiger partial charge in [0.05, 0.1) is 13.6 Å². The largest absolute Gasteiger partial charge is 0.304 e. The van der Waals surface area contributed by atoms with Crippen LogP contribution in [-0.4, -0.2) is 26.2 Å². The zero-order valence-corrected chi connectivity index (χ0v) is 7.36. The predicted molar refractivity (Wildman–Crippen MR) is 45.3 cm³/mol. The van der Waals surface area contributed by atoms with Crippen molar-refractivity contribution in [3.63, 3.8) is 0 Å². The lowest BCUT2D eigenvalue weighted by atomic mass is 10.3. The number of rotatable bonds is 4. The maximum Gasteiger partial charge on any atom is 0.188 e. The molecule has 0 saturated carbocycles. The van der Waals surface area contributed by atoms with E-state index in [1.807, 2.05) is 13.0 Å². The Kier molecular flexibility index (Phi) is 2.93. The van der Waals surface area contributed by atoms with Crippen LogP contribution >= 0.6 is 0 Å². The fourth-order valence-corrected chi connectivity index (χ4v) is 0.730. The van der Waals surface area contributed by atoms with Crippen molar-refractivity contribution in [2.45, 2.75) is 19.5 Å². The van der Waals surface area contributed by atoms with Gasteiger partial charge in [0.25, 0.3) is 0 Å². The van der Waals surface area contributed by atoms with Gasteiger partial charge in [0.1, 0.15) is 0 Å². The van der Waals surface area contributed by atoms with Gasteiger partial charge in [0.15, 0.2) is 5.82 Å². The molecule has 5 nitrogen and oxygen atoms in total. The Hall–Kier alpha value is -1.23. The van der Waals surface area contributed by atoms with Gasteiger partial charge in [-0.05, 0) is 12.1 Å². The van der Waals surface area contributed by atoms with E-state index in [1.165, 1.54) is 4.80 Å². The number of aryl methyl sites for hydroxylation is 1. The van der Waals surface area contributed by atoms with Crippen LogP contribution in [0.15, 0.2) is 12.7 Å². The maximum atomic E-state index is 4.01. The molecule has 0 amide bonds. The second-order valence-corrected chi connectivity index (χ2v) is 2.60. The molecule has 5 heteroatoms. The topological polar surface area (TPSA) is 55.6 Å². The van der Waals surface area contributed by atoms with Gasteiger partial charge >= 0.3 is 0 Å². The zero-order chi connectivity index (χ0) is 8.97. The van der Waals surface area contributed by atoms with E-state index in [0.717, 1.165) is 0 Å². The first-order valence-corrected chi connectivity index (χ1v) is 3.81. The third kappa shape index (κ3) is 2.43. The second-order valence-electron chi connectivity index (χ2n) is 2.60. The lowest BCUT2D eigenvalue weighted by molar-refractivity contribution is 0.600. The van der Waals surface area contributed by atoms with Crippen LogP contribution in [0.2, 0.25) is 0 Å². The SMILES string of the molecule is C=CC(C)NCc1nnn(C)n1. The highest BCUT2D eigenvalue weighted by molar-refractivity contribution is 4.84. The Morgan fingerprint density at radius 2 is 2.50 bits per heavy atom. The minimum Gasteiger partial charge on any atom is -0.304 e.